The van der Waals surface area contributed by atoms with Gasteiger partial charge < -0.3 is 10.3 Å². The van der Waals surface area contributed by atoms with E-state index >= 15 is 0 Å². The van der Waals surface area contributed by atoms with E-state index in [9.17, 15) is 0 Å². The average Bonchev–Trinajstić information content (AvgIpc) is 2.72. The fraction of sp³-hybridized carbons (Fsp3) is 0.0667. The quantitative estimate of drug-likeness (QED) is 0.628. The second kappa shape index (κ2) is 3.67. The van der Waals surface area contributed by atoms with Crippen LogP contribution in [0.25, 0.3) is 22.0 Å². The molecule has 0 unspecified atom stereocenters. The van der Waals surface area contributed by atoms with E-state index in [-0.39, 0.29) is 0 Å². The van der Waals surface area contributed by atoms with E-state index in [1.807, 2.05) is 18.2 Å². The van der Waals surface area contributed by atoms with Crippen LogP contribution in [0.5, 0.6) is 0 Å². The van der Waals surface area contributed by atoms with Crippen molar-refractivity contribution in [2.24, 2.45) is 7.05 Å². The van der Waals surface area contributed by atoms with E-state index in [4.69, 9.17) is 5.73 Å². The van der Waals surface area contributed by atoms with Crippen LogP contribution in [0.4, 0.5) is 5.69 Å². The highest BCUT2D eigenvalue weighted by molar-refractivity contribution is 5.98. The molecule has 1 heterocycles. The molecular formula is C15H14N2. The maximum Gasteiger partial charge on any atom is 0.0483 e. The molecule has 0 aliphatic rings. The molecule has 84 valence electrons. The Hall–Kier alpha value is -2.22. The second-order valence-corrected chi connectivity index (χ2v) is 4.25. The first kappa shape index (κ1) is 9.97. The van der Waals surface area contributed by atoms with E-state index < -0.39 is 0 Å². The van der Waals surface area contributed by atoms with Crippen molar-refractivity contribution in [1.29, 1.82) is 0 Å². The molecular weight excluding hydrogens is 208 g/mol. The number of para-hydroxylation sites is 1. The summed E-state index contributed by atoms with van der Waals surface area (Å²) >= 11 is 0. The molecule has 0 fully saturated rings. The Labute approximate surface area is 100 Å². The van der Waals surface area contributed by atoms with E-state index in [2.05, 4.69) is 48.1 Å². The molecule has 3 rings (SSSR count). The first-order valence-corrected chi connectivity index (χ1v) is 5.66. The van der Waals surface area contributed by atoms with Crippen LogP contribution in [-0.2, 0) is 7.05 Å². The molecule has 1 aromatic heterocycles. The van der Waals surface area contributed by atoms with Crippen LogP contribution >= 0.6 is 0 Å². The highest BCUT2D eigenvalue weighted by Gasteiger charge is 2.07. The van der Waals surface area contributed by atoms with E-state index in [1.165, 1.54) is 16.5 Å². The zero-order valence-corrected chi connectivity index (χ0v) is 9.72. The van der Waals surface area contributed by atoms with Crippen molar-refractivity contribution in [3.8, 4) is 11.1 Å². The first-order valence-electron chi connectivity index (χ1n) is 5.66. The molecule has 0 radical (unpaired) electrons. The van der Waals surface area contributed by atoms with Gasteiger partial charge in [-0.3, -0.25) is 0 Å². The normalized spacial score (nSPS) is 10.9. The van der Waals surface area contributed by atoms with Gasteiger partial charge in [-0.2, -0.15) is 0 Å². The lowest BCUT2D eigenvalue weighted by Crippen LogP contribution is -1.90. The lowest BCUT2D eigenvalue weighted by atomic mass is 10.0. The van der Waals surface area contributed by atoms with Crippen molar-refractivity contribution >= 4 is 16.6 Å². The summed E-state index contributed by atoms with van der Waals surface area (Å²) in [5.41, 5.74) is 10.4. The molecule has 0 spiro atoms. The number of aryl methyl sites for hydroxylation is 1. The third kappa shape index (κ3) is 1.49. The number of rotatable bonds is 1. The van der Waals surface area contributed by atoms with Gasteiger partial charge in [-0.05, 0) is 23.8 Å². The Morgan fingerprint density at radius 3 is 2.47 bits per heavy atom. The van der Waals surface area contributed by atoms with E-state index in [1.54, 1.807) is 0 Å². The molecule has 0 amide bonds. The number of nitrogens with zero attached hydrogens (tertiary/aromatic N) is 1. The van der Waals surface area contributed by atoms with Gasteiger partial charge in [0.15, 0.2) is 0 Å². The van der Waals surface area contributed by atoms with Crippen LogP contribution in [-0.4, -0.2) is 4.57 Å². The van der Waals surface area contributed by atoms with Gasteiger partial charge in [0.1, 0.15) is 0 Å². The molecule has 0 aliphatic carbocycles. The minimum absolute atomic E-state index is 0.823. The molecule has 2 N–H and O–H groups in total. The summed E-state index contributed by atoms with van der Waals surface area (Å²) in [6.07, 6.45) is 2.08. The molecule has 0 saturated heterocycles. The fourth-order valence-corrected chi connectivity index (χ4v) is 2.28. The first-order chi connectivity index (χ1) is 8.27. The van der Waals surface area contributed by atoms with Crippen molar-refractivity contribution in [3.05, 3.63) is 54.7 Å². The van der Waals surface area contributed by atoms with Crippen LogP contribution < -0.4 is 5.73 Å². The maximum atomic E-state index is 6.04. The Balaban J connectivity index is 2.35. The molecule has 0 bridgehead atoms. The fourth-order valence-electron chi connectivity index (χ4n) is 2.28. The van der Waals surface area contributed by atoms with Crippen LogP contribution in [0.3, 0.4) is 0 Å². The Morgan fingerprint density at radius 2 is 1.65 bits per heavy atom. The molecule has 0 atom stereocenters. The van der Waals surface area contributed by atoms with Crippen molar-refractivity contribution in [2.75, 3.05) is 5.73 Å². The maximum absolute atomic E-state index is 6.04. The number of aromatic nitrogens is 1. The summed E-state index contributed by atoms with van der Waals surface area (Å²) in [6, 6.07) is 16.4. The third-order valence-corrected chi connectivity index (χ3v) is 3.18. The highest BCUT2D eigenvalue weighted by atomic mass is 14.9. The number of anilines is 1. The number of benzene rings is 2. The Bertz CT molecular complexity index is 680. The van der Waals surface area contributed by atoms with Gasteiger partial charge in [-0.15, -0.1) is 0 Å². The van der Waals surface area contributed by atoms with Gasteiger partial charge in [0, 0.05) is 35.4 Å². The molecule has 2 heteroatoms. The molecule has 2 nitrogen and oxygen atoms in total. The summed E-state index contributed by atoms with van der Waals surface area (Å²) in [4.78, 5) is 0. The highest BCUT2D eigenvalue weighted by Crippen LogP contribution is 2.32. The van der Waals surface area contributed by atoms with Gasteiger partial charge in [-0.1, -0.05) is 30.3 Å². The molecule has 2 aromatic carbocycles. The molecule has 3 aromatic rings. The topological polar surface area (TPSA) is 30.9 Å². The minimum atomic E-state index is 0.823. The summed E-state index contributed by atoms with van der Waals surface area (Å²) < 4.78 is 2.12. The number of nitrogens with two attached hydrogens (primary N) is 1. The van der Waals surface area contributed by atoms with Crippen LogP contribution in [0.1, 0.15) is 0 Å². The van der Waals surface area contributed by atoms with Crippen molar-refractivity contribution in [3.63, 3.8) is 0 Å². The predicted molar refractivity (Wildman–Crippen MR) is 72.8 cm³/mol. The minimum Gasteiger partial charge on any atom is -0.398 e. The zero-order chi connectivity index (χ0) is 11.8. The monoisotopic (exact) mass is 222 g/mol. The average molecular weight is 222 g/mol. The predicted octanol–water partition coefficient (Wildman–Crippen LogP) is 3.43. The number of hydrogen-bond donors (Lipinski definition) is 1. The summed E-state index contributed by atoms with van der Waals surface area (Å²) in [5.74, 6) is 0. The summed E-state index contributed by atoms with van der Waals surface area (Å²) in [6.45, 7) is 0. The van der Waals surface area contributed by atoms with Gasteiger partial charge >= 0.3 is 0 Å². The lowest BCUT2D eigenvalue weighted by Gasteiger charge is -2.07. The van der Waals surface area contributed by atoms with Crippen LogP contribution in [0.15, 0.2) is 54.7 Å². The van der Waals surface area contributed by atoms with Gasteiger partial charge in [0.05, 0.1) is 0 Å². The Morgan fingerprint density at radius 1 is 0.882 bits per heavy atom. The van der Waals surface area contributed by atoms with E-state index in [0.717, 1.165) is 11.3 Å². The zero-order valence-electron chi connectivity index (χ0n) is 9.72. The van der Waals surface area contributed by atoms with Crippen molar-refractivity contribution in [1.82, 2.24) is 4.57 Å². The molecule has 0 saturated carbocycles. The summed E-state index contributed by atoms with van der Waals surface area (Å²) in [7, 11) is 2.06. The van der Waals surface area contributed by atoms with Crippen molar-refractivity contribution in [2.45, 2.75) is 0 Å². The molecule has 0 aliphatic heterocycles. The number of nitrogen functional groups attached to an aromatic ring is 1. The lowest BCUT2D eigenvalue weighted by molar-refractivity contribution is 0.969. The standard InChI is InChI=1S/C15H14N2/c1-17-10-9-13-11(6-4-8-15(13)17)12-5-2-3-7-14(12)16/h2-10H,16H2,1H3. The van der Waals surface area contributed by atoms with E-state index in [0.29, 0.717) is 0 Å². The number of hydrogen-bond acceptors (Lipinski definition) is 1. The van der Waals surface area contributed by atoms with Gasteiger partial charge in [0.25, 0.3) is 0 Å². The smallest absolute Gasteiger partial charge is 0.0483 e. The summed E-state index contributed by atoms with van der Waals surface area (Å²) in [5, 5.41) is 1.24. The van der Waals surface area contributed by atoms with Crippen molar-refractivity contribution < 1.29 is 0 Å². The second-order valence-electron chi connectivity index (χ2n) is 4.25. The van der Waals surface area contributed by atoms with Gasteiger partial charge in [-0.25, -0.2) is 0 Å². The largest absolute Gasteiger partial charge is 0.398 e. The number of fused-ring (bicyclic) bond motifs is 1. The van der Waals surface area contributed by atoms with Crippen LogP contribution in [0.2, 0.25) is 0 Å². The Kier molecular flexibility index (Phi) is 2.15. The van der Waals surface area contributed by atoms with Gasteiger partial charge in [0.2, 0.25) is 0 Å². The van der Waals surface area contributed by atoms with Crippen LogP contribution in [0, 0.1) is 0 Å². The molecule has 17 heavy (non-hydrogen) atoms. The SMILES string of the molecule is Cn1ccc2c(-c3ccccc3N)cccc21. The third-order valence-electron chi connectivity index (χ3n) is 3.18.